The maximum atomic E-state index is 12.1. The molecule has 2 aromatic rings. The van der Waals surface area contributed by atoms with Crippen LogP contribution in [0.5, 0.6) is 0 Å². The summed E-state index contributed by atoms with van der Waals surface area (Å²) in [5, 5.41) is 4.62. The highest BCUT2D eigenvalue weighted by Crippen LogP contribution is 2.32. The summed E-state index contributed by atoms with van der Waals surface area (Å²) in [5.41, 5.74) is 2.57. The fraction of sp³-hybridized carbons (Fsp3) is 0.294. The van der Waals surface area contributed by atoms with E-state index in [-0.39, 0.29) is 18.0 Å². The lowest BCUT2D eigenvalue weighted by atomic mass is 9.88. The molecule has 0 radical (unpaired) electrons. The molecule has 0 saturated carbocycles. The molecule has 22 heavy (non-hydrogen) atoms. The number of carbonyl (C=O) groups excluding carboxylic acids is 1. The fourth-order valence-corrected chi connectivity index (χ4v) is 3.33. The molecule has 1 amide bonds. The molecule has 1 aliphatic carbocycles. The number of nitrogens with zero attached hydrogens (tertiary/aromatic N) is 1. The van der Waals surface area contributed by atoms with E-state index in [1.807, 2.05) is 17.5 Å². The SMILES string of the molecule is COC(=N[C@@H]1CCCc2ccccc21)NC(=O)c1cccs1. The summed E-state index contributed by atoms with van der Waals surface area (Å²) >= 11 is 1.40. The number of methoxy groups -OCH3 is 1. The molecule has 0 aliphatic heterocycles. The average molecular weight is 314 g/mol. The van der Waals surface area contributed by atoms with Crippen molar-refractivity contribution in [1.29, 1.82) is 0 Å². The van der Waals surface area contributed by atoms with Gasteiger partial charge >= 0.3 is 0 Å². The third-order valence-electron chi connectivity index (χ3n) is 3.77. The largest absolute Gasteiger partial charge is 0.468 e. The van der Waals surface area contributed by atoms with E-state index >= 15 is 0 Å². The van der Waals surface area contributed by atoms with Gasteiger partial charge in [-0.25, -0.2) is 4.99 Å². The quantitative estimate of drug-likeness (QED) is 0.680. The third-order valence-corrected chi connectivity index (χ3v) is 4.64. The number of rotatable bonds is 2. The lowest BCUT2D eigenvalue weighted by molar-refractivity contribution is 0.0972. The van der Waals surface area contributed by atoms with Gasteiger partial charge in [0.15, 0.2) is 0 Å². The minimum Gasteiger partial charge on any atom is -0.468 e. The Balaban J connectivity index is 1.79. The Hall–Kier alpha value is -2.14. The molecular formula is C17H18N2O2S. The van der Waals surface area contributed by atoms with Crippen LogP contribution in [0.4, 0.5) is 0 Å². The van der Waals surface area contributed by atoms with Crippen LogP contribution in [-0.2, 0) is 11.2 Å². The number of ether oxygens (including phenoxy) is 1. The Kier molecular flexibility index (Phi) is 4.53. The van der Waals surface area contributed by atoms with E-state index in [1.165, 1.54) is 29.6 Å². The van der Waals surface area contributed by atoms with Crippen molar-refractivity contribution >= 4 is 23.3 Å². The molecule has 1 N–H and O–H groups in total. The summed E-state index contributed by atoms with van der Waals surface area (Å²) in [5.74, 6) is -0.181. The number of aryl methyl sites for hydroxylation is 1. The second-order valence-electron chi connectivity index (χ2n) is 5.18. The van der Waals surface area contributed by atoms with Crippen molar-refractivity contribution in [1.82, 2.24) is 5.32 Å². The van der Waals surface area contributed by atoms with E-state index in [1.54, 1.807) is 6.07 Å². The van der Waals surface area contributed by atoms with Gasteiger partial charge in [0.2, 0.25) is 0 Å². The predicted octanol–water partition coefficient (Wildman–Crippen LogP) is 3.56. The van der Waals surface area contributed by atoms with E-state index in [0.717, 1.165) is 19.3 Å². The van der Waals surface area contributed by atoms with Crippen LogP contribution in [0.25, 0.3) is 0 Å². The number of aliphatic imine (C=N–C) groups is 1. The topological polar surface area (TPSA) is 50.7 Å². The van der Waals surface area contributed by atoms with Gasteiger partial charge in [-0.3, -0.25) is 10.1 Å². The molecule has 1 aromatic carbocycles. The molecule has 114 valence electrons. The van der Waals surface area contributed by atoms with Crippen LogP contribution >= 0.6 is 11.3 Å². The second kappa shape index (κ2) is 6.75. The monoisotopic (exact) mass is 314 g/mol. The summed E-state index contributed by atoms with van der Waals surface area (Å²) in [6.45, 7) is 0. The van der Waals surface area contributed by atoms with Crippen molar-refractivity contribution in [3.8, 4) is 0 Å². The van der Waals surface area contributed by atoms with Gasteiger partial charge in [0.25, 0.3) is 11.9 Å². The molecule has 0 spiro atoms. The first kappa shape index (κ1) is 14.8. The van der Waals surface area contributed by atoms with Crippen LogP contribution in [-0.4, -0.2) is 19.0 Å². The Morgan fingerprint density at radius 2 is 2.18 bits per heavy atom. The standard InChI is InChI=1S/C17H18N2O2S/c1-21-17(19-16(20)15-10-5-11-22-15)18-14-9-4-7-12-6-2-3-8-13(12)14/h2-3,5-6,8,10-11,14H,4,7,9H2,1H3,(H,18,19,20)/t14-/m1/s1. The smallest absolute Gasteiger partial charge is 0.292 e. The Labute approximate surface area is 133 Å². The van der Waals surface area contributed by atoms with Crippen molar-refractivity contribution < 1.29 is 9.53 Å². The van der Waals surface area contributed by atoms with E-state index in [0.29, 0.717) is 4.88 Å². The number of nitrogens with one attached hydrogen (secondary N) is 1. The van der Waals surface area contributed by atoms with Gasteiger partial charge in [-0.05, 0) is 41.8 Å². The molecule has 0 unspecified atom stereocenters. The van der Waals surface area contributed by atoms with Crippen LogP contribution in [0.2, 0.25) is 0 Å². The second-order valence-corrected chi connectivity index (χ2v) is 6.12. The molecule has 4 nitrogen and oxygen atoms in total. The summed E-state index contributed by atoms with van der Waals surface area (Å²) < 4.78 is 5.26. The first-order valence-electron chi connectivity index (χ1n) is 7.32. The highest BCUT2D eigenvalue weighted by molar-refractivity contribution is 7.12. The van der Waals surface area contributed by atoms with E-state index < -0.39 is 0 Å². The molecule has 3 rings (SSSR count). The molecule has 1 aromatic heterocycles. The number of fused-ring (bicyclic) bond motifs is 1. The van der Waals surface area contributed by atoms with Gasteiger partial charge in [-0.15, -0.1) is 11.3 Å². The Morgan fingerprint density at radius 1 is 1.32 bits per heavy atom. The normalized spacial score (nSPS) is 17.7. The maximum Gasteiger partial charge on any atom is 0.292 e. The van der Waals surface area contributed by atoms with Crippen molar-refractivity contribution in [2.24, 2.45) is 4.99 Å². The molecule has 1 aliphatic rings. The van der Waals surface area contributed by atoms with Crippen molar-refractivity contribution in [3.05, 3.63) is 57.8 Å². The number of hydrogen-bond donors (Lipinski definition) is 1. The minimum absolute atomic E-state index is 0.0449. The number of hydrogen-bond acceptors (Lipinski definition) is 4. The number of amides is 1. The van der Waals surface area contributed by atoms with Gasteiger partial charge in [0.1, 0.15) is 0 Å². The molecule has 0 fully saturated rings. The van der Waals surface area contributed by atoms with Gasteiger partial charge < -0.3 is 4.74 Å². The van der Waals surface area contributed by atoms with E-state index in [9.17, 15) is 4.79 Å². The van der Waals surface area contributed by atoms with Crippen LogP contribution in [0.1, 0.15) is 39.7 Å². The van der Waals surface area contributed by atoms with E-state index in [2.05, 4.69) is 28.5 Å². The first-order valence-corrected chi connectivity index (χ1v) is 8.20. The van der Waals surface area contributed by atoms with Crippen LogP contribution in [0, 0.1) is 0 Å². The molecule has 1 heterocycles. The number of amidine groups is 1. The molecule has 1 atom stereocenters. The van der Waals surface area contributed by atoms with Crippen LogP contribution in [0.15, 0.2) is 46.8 Å². The third kappa shape index (κ3) is 3.20. The molecule has 5 heteroatoms. The lowest BCUT2D eigenvalue weighted by Gasteiger charge is -2.22. The van der Waals surface area contributed by atoms with Crippen molar-refractivity contribution in [2.45, 2.75) is 25.3 Å². The van der Waals surface area contributed by atoms with Gasteiger partial charge in [-0.2, -0.15) is 0 Å². The average Bonchev–Trinajstić information content (AvgIpc) is 3.09. The highest BCUT2D eigenvalue weighted by Gasteiger charge is 2.20. The zero-order valence-electron chi connectivity index (χ0n) is 12.4. The number of thiophene rings is 1. The van der Waals surface area contributed by atoms with E-state index in [4.69, 9.17) is 4.74 Å². The van der Waals surface area contributed by atoms with Crippen molar-refractivity contribution in [3.63, 3.8) is 0 Å². The summed E-state index contributed by atoms with van der Waals surface area (Å²) in [7, 11) is 1.53. The van der Waals surface area contributed by atoms with Gasteiger partial charge in [0, 0.05) is 0 Å². The molecule has 0 bridgehead atoms. The zero-order chi connectivity index (χ0) is 15.4. The number of benzene rings is 1. The lowest BCUT2D eigenvalue weighted by Crippen LogP contribution is -2.32. The zero-order valence-corrected chi connectivity index (χ0v) is 13.2. The Bertz CT molecular complexity index is 680. The summed E-state index contributed by atoms with van der Waals surface area (Å²) in [6.07, 6.45) is 3.16. The summed E-state index contributed by atoms with van der Waals surface area (Å²) in [4.78, 5) is 17.4. The van der Waals surface area contributed by atoms with Crippen LogP contribution < -0.4 is 5.32 Å². The number of carbonyl (C=O) groups is 1. The molecular weight excluding hydrogens is 296 g/mol. The predicted molar refractivity (Wildman–Crippen MR) is 88.4 cm³/mol. The van der Waals surface area contributed by atoms with Gasteiger partial charge in [-0.1, -0.05) is 30.3 Å². The maximum absolute atomic E-state index is 12.1. The highest BCUT2D eigenvalue weighted by atomic mass is 32.1. The first-order chi connectivity index (χ1) is 10.8. The van der Waals surface area contributed by atoms with Crippen LogP contribution in [0.3, 0.4) is 0 Å². The molecule has 0 saturated heterocycles. The van der Waals surface area contributed by atoms with Gasteiger partial charge in [0.05, 0.1) is 18.0 Å². The fourth-order valence-electron chi connectivity index (χ4n) is 2.71. The van der Waals surface area contributed by atoms with Crippen molar-refractivity contribution in [2.75, 3.05) is 7.11 Å². The minimum atomic E-state index is -0.181. The Morgan fingerprint density at radius 3 is 2.95 bits per heavy atom. The summed E-state index contributed by atoms with van der Waals surface area (Å²) in [6, 6.07) is 12.3.